The number of carbonyl (C=O) groups excluding carboxylic acids is 1. The molecule has 1 aromatic carbocycles. The van der Waals surface area contributed by atoms with Gasteiger partial charge in [-0.05, 0) is 0 Å². The number of rotatable bonds is 6. The van der Waals surface area contributed by atoms with Crippen molar-refractivity contribution in [1.82, 2.24) is 0 Å². The van der Waals surface area contributed by atoms with Crippen molar-refractivity contribution in [3.63, 3.8) is 0 Å². The van der Waals surface area contributed by atoms with Crippen LogP contribution in [0, 0.1) is 11.3 Å². The quantitative estimate of drug-likeness (QED) is 0.580. The molecule has 1 rings (SSSR count). The number of methoxy groups -OCH3 is 2. The van der Waals surface area contributed by atoms with Crippen molar-refractivity contribution in [2.75, 3.05) is 14.2 Å². The van der Waals surface area contributed by atoms with Crippen LogP contribution in [0.1, 0.15) is 18.9 Å². The van der Waals surface area contributed by atoms with Crippen LogP contribution in [0.15, 0.2) is 30.3 Å². The Morgan fingerprint density at radius 1 is 1.32 bits per heavy atom. The second kappa shape index (κ2) is 6.88. The van der Waals surface area contributed by atoms with E-state index in [1.165, 1.54) is 21.1 Å². The Balaban J connectivity index is 3.00. The third-order valence-corrected chi connectivity index (χ3v) is 2.78. The number of ether oxygens (including phenoxy) is 3. The Labute approximate surface area is 112 Å². The molecule has 5 nitrogen and oxygen atoms in total. The zero-order valence-electron chi connectivity index (χ0n) is 11.3. The van der Waals surface area contributed by atoms with Crippen molar-refractivity contribution in [2.45, 2.75) is 25.2 Å². The summed E-state index contributed by atoms with van der Waals surface area (Å²) in [7, 11) is 2.97. The maximum absolute atomic E-state index is 11.0. The summed E-state index contributed by atoms with van der Waals surface area (Å²) in [5.41, 5.74) is 0.757. The van der Waals surface area contributed by atoms with E-state index in [1.54, 1.807) is 0 Å². The second-order valence-electron chi connectivity index (χ2n) is 3.96. The van der Waals surface area contributed by atoms with Gasteiger partial charge < -0.3 is 14.2 Å². The van der Waals surface area contributed by atoms with Crippen molar-refractivity contribution in [2.24, 2.45) is 0 Å². The third kappa shape index (κ3) is 3.78. The molecule has 0 bridgehead atoms. The van der Waals surface area contributed by atoms with E-state index in [-0.39, 0.29) is 6.42 Å². The van der Waals surface area contributed by atoms with E-state index in [2.05, 4.69) is 0 Å². The Bertz CT molecular complexity index is 448. The summed E-state index contributed by atoms with van der Waals surface area (Å²) >= 11 is 0. The molecule has 0 amide bonds. The summed E-state index contributed by atoms with van der Waals surface area (Å²) in [6.45, 7) is 1.26. The smallest absolute Gasteiger partial charge is 0.303 e. The van der Waals surface area contributed by atoms with E-state index >= 15 is 0 Å². The molecule has 0 N–H and O–H groups in total. The highest BCUT2D eigenvalue weighted by molar-refractivity contribution is 5.66. The third-order valence-electron chi connectivity index (χ3n) is 2.78. The van der Waals surface area contributed by atoms with Crippen molar-refractivity contribution in [3.8, 4) is 6.07 Å². The zero-order chi connectivity index (χ0) is 14.3. The van der Waals surface area contributed by atoms with Gasteiger partial charge in [-0.25, -0.2) is 0 Å². The number of hydrogen-bond donors (Lipinski definition) is 0. The van der Waals surface area contributed by atoms with Gasteiger partial charge in [-0.1, -0.05) is 30.3 Å². The maximum Gasteiger partial charge on any atom is 0.303 e. The van der Waals surface area contributed by atoms with Crippen LogP contribution in [0.25, 0.3) is 0 Å². The summed E-state index contributed by atoms with van der Waals surface area (Å²) in [6, 6.07) is 11.1. The number of esters is 1. The lowest BCUT2D eigenvalue weighted by Gasteiger charge is -2.32. The molecule has 0 spiro atoms. The van der Waals surface area contributed by atoms with E-state index in [0.717, 1.165) is 5.56 Å². The van der Waals surface area contributed by atoms with Gasteiger partial charge >= 0.3 is 5.97 Å². The summed E-state index contributed by atoms with van der Waals surface area (Å²) in [6.07, 6.45) is -0.835. The molecular formula is C14H17NO4. The molecule has 0 aliphatic heterocycles. The molecule has 1 aromatic rings. The fraction of sp³-hybridized carbons (Fsp3) is 0.429. The van der Waals surface area contributed by atoms with E-state index in [9.17, 15) is 4.79 Å². The van der Waals surface area contributed by atoms with Crippen LogP contribution in [-0.2, 0) is 24.8 Å². The van der Waals surface area contributed by atoms with E-state index in [1.807, 2.05) is 36.4 Å². The van der Waals surface area contributed by atoms with Gasteiger partial charge in [0.05, 0.1) is 6.42 Å². The predicted molar refractivity (Wildman–Crippen MR) is 67.9 cm³/mol. The number of carbonyl (C=O) groups is 1. The van der Waals surface area contributed by atoms with Crippen molar-refractivity contribution in [1.29, 1.82) is 5.26 Å². The number of hydrogen-bond acceptors (Lipinski definition) is 5. The highest BCUT2D eigenvalue weighted by atomic mass is 16.7. The van der Waals surface area contributed by atoms with Gasteiger partial charge in [-0.2, -0.15) is 5.26 Å². The molecule has 1 atom stereocenters. The first kappa shape index (κ1) is 15.2. The van der Waals surface area contributed by atoms with Crippen LogP contribution < -0.4 is 0 Å². The molecule has 19 heavy (non-hydrogen) atoms. The summed E-state index contributed by atoms with van der Waals surface area (Å²) in [5, 5.41) is 9.04. The first-order valence-corrected chi connectivity index (χ1v) is 5.80. The van der Waals surface area contributed by atoms with E-state index < -0.39 is 17.9 Å². The molecule has 5 heteroatoms. The Morgan fingerprint density at radius 3 is 2.32 bits per heavy atom. The molecule has 0 saturated heterocycles. The van der Waals surface area contributed by atoms with Crippen LogP contribution in [-0.4, -0.2) is 26.3 Å². The van der Waals surface area contributed by atoms with E-state index in [4.69, 9.17) is 19.5 Å². The SMILES string of the molecule is COC(CC(C#N)OC(C)=O)(OC)c1ccccc1. The molecule has 1 unspecified atom stereocenters. The normalized spacial score (nSPS) is 12.5. The van der Waals surface area contributed by atoms with Crippen LogP contribution in [0.2, 0.25) is 0 Å². The van der Waals surface area contributed by atoms with Crippen LogP contribution >= 0.6 is 0 Å². The number of nitrogens with zero attached hydrogens (tertiary/aromatic N) is 1. The van der Waals surface area contributed by atoms with Gasteiger partial charge in [0.15, 0.2) is 11.9 Å². The van der Waals surface area contributed by atoms with Gasteiger partial charge in [0.2, 0.25) is 0 Å². The first-order chi connectivity index (χ1) is 9.07. The lowest BCUT2D eigenvalue weighted by molar-refractivity contribution is -0.230. The van der Waals surface area contributed by atoms with Crippen LogP contribution in [0.3, 0.4) is 0 Å². The minimum absolute atomic E-state index is 0.0973. The molecule has 0 aliphatic rings. The standard InChI is InChI=1S/C14H17NO4/c1-11(16)19-13(10-15)9-14(17-2,18-3)12-7-5-4-6-8-12/h4-8,13H,9H2,1-3H3. The lowest BCUT2D eigenvalue weighted by Crippen LogP contribution is -2.36. The minimum atomic E-state index is -1.11. The number of benzene rings is 1. The van der Waals surface area contributed by atoms with Crippen molar-refractivity contribution >= 4 is 5.97 Å². The first-order valence-electron chi connectivity index (χ1n) is 5.80. The van der Waals surface area contributed by atoms with Gasteiger partial charge in [0, 0.05) is 26.7 Å². The predicted octanol–water partition coefficient (Wildman–Crippen LogP) is 1.98. The molecular weight excluding hydrogens is 246 g/mol. The maximum atomic E-state index is 11.0. The average molecular weight is 263 g/mol. The summed E-state index contributed by atoms with van der Waals surface area (Å²) < 4.78 is 15.8. The zero-order valence-corrected chi connectivity index (χ0v) is 11.3. The topological polar surface area (TPSA) is 68.5 Å². The molecule has 0 radical (unpaired) electrons. The Morgan fingerprint density at radius 2 is 1.89 bits per heavy atom. The monoisotopic (exact) mass is 263 g/mol. The second-order valence-corrected chi connectivity index (χ2v) is 3.96. The molecule has 0 heterocycles. The molecule has 102 valence electrons. The van der Waals surface area contributed by atoms with E-state index in [0.29, 0.717) is 0 Å². The Kier molecular flexibility index (Phi) is 5.49. The molecule has 0 fully saturated rings. The summed E-state index contributed by atoms with van der Waals surface area (Å²) in [4.78, 5) is 11.0. The fourth-order valence-corrected chi connectivity index (χ4v) is 1.85. The Hall–Kier alpha value is -1.90. The van der Waals surface area contributed by atoms with Crippen molar-refractivity contribution < 1.29 is 19.0 Å². The van der Waals surface area contributed by atoms with Crippen LogP contribution in [0.4, 0.5) is 0 Å². The van der Waals surface area contributed by atoms with Crippen molar-refractivity contribution in [3.05, 3.63) is 35.9 Å². The van der Waals surface area contributed by atoms with Gasteiger partial charge in [-0.15, -0.1) is 0 Å². The minimum Gasteiger partial charge on any atom is -0.447 e. The highest BCUT2D eigenvalue weighted by Gasteiger charge is 2.36. The fourth-order valence-electron chi connectivity index (χ4n) is 1.85. The number of nitriles is 1. The van der Waals surface area contributed by atoms with Crippen LogP contribution in [0.5, 0.6) is 0 Å². The molecule has 0 saturated carbocycles. The lowest BCUT2D eigenvalue weighted by atomic mass is 9.99. The molecule has 0 aliphatic carbocycles. The largest absolute Gasteiger partial charge is 0.447 e. The molecule has 0 aromatic heterocycles. The van der Waals surface area contributed by atoms with Gasteiger partial charge in [0.25, 0.3) is 0 Å². The highest BCUT2D eigenvalue weighted by Crippen LogP contribution is 2.31. The van der Waals surface area contributed by atoms with Gasteiger partial charge in [0.1, 0.15) is 6.07 Å². The average Bonchev–Trinajstić information content (AvgIpc) is 2.44. The summed E-state index contributed by atoms with van der Waals surface area (Å²) in [5.74, 6) is -1.63. The van der Waals surface area contributed by atoms with Gasteiger partial charge in [-0.3, -0.25) is 4.79 Å².